The van der Waals surface area contributed by atoms with Crippen molar-refractivity contribution in [3.63, 3.8) is 0 Å². The minimum Gasteiger partial charge on any atom is -0.312 e. The molecule has 1 aromatic carbocycles. The molecule has 106 valence electrons. The fourth-order valence-corrected chi connectivity index (χ4v) is 2.85. The van der Waals surface area contributed by atoms with Crippen LogP contribution >= 0.6 is 11.6 Å². The topological polar surface area (TPSA) is 15.3 Å². The first-order chi connectivity index (χ1) is 9.16. The molecule has 0 bridgehead atoms. The fraction of sp³-hybridized carbons (Fsp3) is 0.600. The van der Waals surface area contributed by atoms with Gasteiger partial charge in [0.1, 0.15) is 5.82 Å². The molecule has 1 saturated heterocycles. The number of halogens is 2. The summed E-state index contributed by atoms with van der Waals surface area (Å²) in [6, 6.07) is 4.82. The van der Waals surface area contributed by atoms with Gasteiger partial charge in [0.05, 0.1) is 0 Å². The molecule has 0 aliphatic carbocycles. The number of nitrogens with one attached hydrogen (secondary N) is 1. The second-order valence-corrected chi connectivity index (χ2v) is 5.85. The van der Waals surface area contributed by atoms with Crippen molar-refractivity contribution in [3.8, 4) is 0 Å². The molecule has 1 unspecified atom stereocenters. The van der Waals surface area contributed by atoms with Gasteiger partial charge in [-0.25, -0.2) is 4.39 Å². The van der Waals surface area contributed by atoms with E-state index in [1.54, 1.807) is 12.1 Å². The molecule has 4 heteroatoms. The molecular weight excluding hydrogens is 263 g/mol. The number of hydrogen-bond acceptors (Lipinski definition) is 2. The lowest BCUT2D eigenvalue weighted by atomic mass is 10.1. The first-order valence-corrected chi connectivity index (χ1v) is 7.40. The maximum Gasteiger partial charge on any atom is 0.129 e. The molecular formula is C15H22ClFN2. The van der Waals surface area contributed by atoms with Crippen molar-refractivity contribution in [2.24, 2.45) is 5.92 Å². The summed E-state index contributed by atoms with van der Waals surface area (Å²) in [5.41, 5.74) is 0.567. The van der Waals surface area contributed by atoms with E-state index < -0.39 is 0 Å². The van der Waals surface area contributed by atoms with Gasteiger partial charge < -0.3 is 10.2 Å². The van der Waals surface area contributed by atoms with E-state index in [1.807, 2.05) is 0 Å². The van der Waals surface area contributed by atoms with E-state index in [1.165, 1.54) is 32.0 Å². The second kappa shape index (κ2) is 7.22. The Labute approximate surface area is 119 Å². The van der Waals surface area contributed by atoms with Crippen LogP contribution in [0, 0.1) is 11.7 Å². The van der Waals surface area contributed by atoms with Crippen molar-refractivity contribution in [2.75, 3.05) is 26.2 Å². The van der Waals surface area contributed by atoms with Gasteiger partial charge in [-0.2, -0.15) is 0 Å². The first kappa shape index (κ1) is 14.8. The summed E-state index contributed by atoms with van der Waals surface area (Å²) in [4.78, 5) is 2.50. The summed E-state index contributed by atoms with van der Waals surface area (Å²) in [7, 11) is 0. The van der Waals surface area contributed by atoms with Crippen molar-refractivity contribution in [2.45, 2.75) is 26.3 Å². The summed E-state index contributed by atoms with van der Waals surface area (Å²) in [6.45, 7) is 7.19. The van der Waals surface area contributed by atoms with Crippen LogP contribution in [0.5, 0.6) is 0 Å². The van der Waals surface area contributed by atoms with Gasteiger partial charge in [-0.05, 0) is 50.5 Å². The molecule has 0 amide bonds. The third kappa shape index (κ3) is 4.44. The van der Waals surface area contributed by atoms with Gasteiger partial charge in [-0.3, -0.25) is 0 Å². The first-order valence-electron chi connectivity index (χ1n) is 7.03. The second-order valence-electron chi connectivity index (χ2n) is 5.44. The highest BCUT2D eigenvalue weighted by Crippen LogP contribution is 2.18. The third-order valence-electron chi connectivity index (χ3n) is 3.62. The molecule has 1 aliphatic rings. The zero-order valence-electron chi connectivity index (χ0n) is 11.5. The van der Waals surface area contributed by atoms with Crippen molar-refractivity contribution in [1.29, 1.82) is 0 Å². The molecule has 0 spiro atoms. The average Bonchev–Trinajstić information content (AvgIpc) is 2.85. The molecule has 2 nitrogen and oxygen atoms in total. The largest absolute Gasteiger partial charge is 0.312 e. The Morgan fingerprint density at radius 2 is 2.11 bits per heavy atom. The smallest absolute Gasteiger partial charge is 0.129 e. The lowest BCUT2D eigenvalue weighted by Crippen LogP contribution is -2.31. The molecule has 0 saturated carbocycles. The van der Waals surface area contributed by atoms with Crippen LogP contribution in [0.4, 0.5) is 4.39 Å². The predicted molar refractivity (Wildman–Crippen MR) is 78.0 cm³/mol. The van der Waals surface area contributed by atoms with Crippen LogP contribution in [0.3, 0.4) is 0 Å². The van der Waals surface area contributed by atoms with Crippen LogP contribution in [0.1, 0.15) is 25.3 Å². The molecule has 19 heavy (non-hydrogen) atoms. The standard InChI is InChI=1S/C15H22ClFN2/c1-12(11-19-7-2-3-8-19)9-18-10-13-14(16)5-4-6-15(13)17/h4-6,12,18H,2-3,7-11H2,1H3. The quantitative estimate of drug-likeness (QED) is 0.862. The Morgan fingerprint density at radius 1 is 1.37 bits per heavy atom. The molecule has 2 rings (SSSR count). The Hall–Kier alpha value is -0.640. The van der Waals surface area contributed by atoms with Crippen molar-refractivity contribution >= 4 is 11.6 Å². The zero-order chi connectivity index (χ0) is 13.7. The summed E-state index contributed by atoms with van der Waals surface area (Å²) in [5, 5.41) is 3.81. The maximum atomic E-state index is 13.6. The van der Waals surface area contributed by atoms with E-state index in [0.717, 1.165) is 13.1 Å². The van der Waals surface area contributed by atoms with Gasteiger partial charge in [0.15, 0.2) is 0 Å². The van der Waals surface area contributed by atoms with Crippen LogP contribution in [0.25, 0.3) is 0 Å². The van der Waals surface area contributed by atoms with Gasteiger partial charge in [-0.15, -0.1) is 0 Å². The van der Waals surface area contributed by atoms with Gasteiger partial charge in [0.25, 0.3) is 0 Å². The summed E-state index contributed by atoms with van der Waals surface area (Å²) in [5.74, 6) is 0.343. The van der Waals surface area contributed by atoms with Crippen molar-refractivity contribution in [3.05, 3.63) is 34.6 Å². The van der Waals surface area contributed by atoms with Crippen LogP contribution in [-0.2, 0) is 6.54 Å². The minimum atomic E-state index is -0.229. The van der Waals surface area contributed by atoms with Gasteiger partial charge in [-0.1, -0.05) is 24.6 Å². The zero-order valence-corrected chi connectivity index (χ0v) is 12.2. The molecule has 1 atom stereocenters. The molecule has 0 radical (unpaired) electrons. The molecule has 1 aromatic rings. The number of hydrogen-bond donors (Lipinski definition) is 1. The lowest BCUT2D eigenvalue weighted by Gasteiger charge is -2.20. The Bertz CT molecular complexity index is 385. The lowest BCUT2D eigenvalue weighted by molar-refractivity contribution is 0.282. The number of nitrogens with zero attached hydrogens (tertiary/aromatic N) is 1. The number of likely N-dealkylation sites (tertiary alicyclic amines) is 1. The highest BCUT2D eigenvalue weighted by Gasteiger charge is 2.14. The van der Waals surface area contributed by atoms with Crippen molar-refractivity contribution < 1.29 is 4.39 Å². The van der Waals surface area contributed by atoms with Crippen LogP contribution in [0.2, 0.25) is 5.02 Å². The van der Waals surface area contributed by atoms with Crippen LogP contribution in [0.15, 0.2) is 18.2 Å². The molecule has 1 N–H and O–H groups in total. The molecule has 1 heterocycles. The number of rotatable bonds is 6. The van der Waals surface area contributed by atoms with E-state index in [-0.39, 0.29) is 5.82 Å². The summed E-state index contributed by atoms with van der Waals surface area (Å²) < 4.78 is 13.6. The van der Waals surface area contributed by atoms with Gasteiger partial charge >= 0.3 is 0 Å². The third-order valence-corrected chi connectivity index (χ3v) is 3.98. The van der Waals surface area contributed by atoms with Gasteiger partial charge in [0, 0.05) is 23.7 Å². The summed E-state index contributed by atoms with van der Waals surface area (Å²) >= 11 is 5.99. The fourth-order valence-electron chi connectivity index (χ4n) is 2.62. The van der Waals surface area contributed by atoms with E-state index in [2.05, 4.69) is 17.1 Å². The van der Waals surface area contributed by atoms with Crippen LogP contribution < -0.4 is 5.32 Å². The SMILES string of the molecule is CC(CNCc1c(F)cccc1Cl)CN1CCCC1. The molecule has 0 aromatic heterocycles. The van der Waals surface area contributed by atoms with Crippen molar-refractivity contribution in [1.82, 2.24) is 10.2 Å². The highest BCUT2D eigenvalue weighted by atomic mass is 35.5. The van der Waals surface area contributed by atoms with E-state index >= 15 is 0 Å². The average molecular weight is 285 g/mol. The monoisotopic (exact) mass is 284 g/mol. The Morgan fingerprint density at radius 3 is 2.79 bits per heavy atom. The molecule has 1 aliphatic heterocycles. The number of benzene rings is 1. The minimum absolute atomic E-state index is 0.229. The predicted octanol–water partition coefficient (Wildman–Crippen LogP) is 3.30. The van der Waals surface area contributed by atoms with E-state index in [0.29, 0.717) is 23.0 Å². The van der Waals surface area contributed by atoms with E-state index in [9.17, 15) is 4.39 Å². The Kier molecular flexibility index (Phi) is 5.61. The maximum absolute atomic E-state index is 13.6. The van der Waals surface area contributed by atoms with Gasteiger partial charge in [0.2, 0.25) is 0 Å². The Balaban J connectivity index is 1.73. The van der Waals surface area contributed by atoms with E-state index in [4.69, 9.17) is 11.6 Å². The van der Waals surface area contributed by atoms with Crippen LogP contribution in [-0.4, -0.2) is 31.1 Å². The molecule has 1 fully saturated rings. The summed E-state index contributed by atoms with van der Waals surface area (Å²) in [6.07, 6.45) is 2.65. The highest BCUT2D eigenvalue weighted by molar-refractivity contribution is 6.31. The normalized spacial score (nSPS) is 17.8.